The van der Waals surface area contributed by atoms with E-state index >= 15 is 0 Å². The summed E-state index contributed by atoms with van der Waals surface area (Å²) in [7, 11) is 0. The first-order valence-electron chi connectivity index (χ1n) is 6.15. The first kappa shape index (κ1) is 11.5. The molecular weight excluding hydrogens is 202 g/mol. The smallest absolute Gasteiger partial charge is 0.232 e. The normalized spacial score (nSPS) is 17.9. The highest BCUT2D eigenvalue weighted by Crippen LogP contribution is 2.14. The van der Waals surface area contributed by atoms with Crippen molar-refractivity contribution in [2.24, 2.45) is 5.92 Å². The molecule has 1 fully saturated rings. The molecule has 0 bridgehead atoms. The molecule has 2 rings (SSSR count). The first-order valence-corrected chi connectivity index (χ1v) is 6.15. The first-order chi connectivity index (χ1) is 7.74. The molecule has 1 saturated heterocycles. The summed E-state index contributed by atoms with van der Waals surface area (Å²) in [6.45, 7) is 7.44. The third kappa shape index (κ3) is 3.23. The minimum absolute atomic E-state index is 0.337. The molecule has 0 aliphatic carbocycles. The van der Waals surface area contributed by atoms with Crippen molar-refractivity contribution in [3.63, 3.8) is 0 Å². The quantitative estimate of drug-likeness (QED) is 0.844. The number of aromatic nitrogens is 2. The fraction of sp³-hybridized carbons (Fsp3) is 0.750. The Morgan fingerprint density at radius 1 is 1.50 bits per heavy atom. The monoisotopic (exact) mass is 223 g/mol. The van der Waals surface area contributed by atoms with E-state index in [0.717, 1.165) is 38.4 Å². The molecule has 4 heteroatoms. The maximum atomic E-state index is 5.85. The summed E-state index contributed by atoms with van der Waals surface area (Å²) in [4.78, 5) is 0. The second kappa shape index (κ2) is 5.34. The zero-order chi connectivity index (χ0) is 11.4. The lowest BCUT2D eigenvalue weighted by molar-refractivity contribution is 0.154. The highest BCUT2D eigenvalue weighted by atomic mass is 16.5. The van der Waals surface area contributed by atoms with Crippen LogP contribution in [-0.4, -0.2) is 29.0 Å². The molecule has 16 heavy (non-hydrogen) atoms. The standard InChI is InChI=1S/C12H21N3O/c1-10(2)9-15-8-5-12(14-15)16-11-3-6-13-7-4-11/h5,8,10-11,13H,3-4,6-7,9H2,1-2H3. The molecular formula is C12H21N3O. The fourth-order valence-electron chi connectivity index (χ4n) is 1.97. The van der Waals surface area contributed by atoms with E-state index in [9.17, 15) is 0 Å². The third-order valence-corrected chi connectivity index (χ3v) is 2.74. The van der Waals surface area contributed by atoms with Crippen LogP contribution in [0.5, 0.6) is 5.88 Å². The lowest BCUT2D eigenvalue weighted by atomic mass is 10.1. The van der Waals surface area contributed by atoms with Gasteiger partial charge in [0.25, 0.3) is 0 Å². The predicted octanol–water partition coefficient (Wildman–Crippen LogP) is 1.67. The Morgan fingerprint density at radius 2 is 2.25 bits per heavy atom. The average Bonchev–Trinajstić information content (AvgIpc) is 2.66. The van der Waals surface area contributed by atoms with Crippen molar-refractivity contribution < 1.29 is 4.74 Å². The van der Waals surface area contributed by atoms with Gasteiger partial charge >= 0.3 is 0 Å². The topological polar surface area (TPSA) is 39.1 Å². The van der Waals surface area contributed by atoms with Gasteiger partial charge in [0.2, 0.25) is 5.88 Å². The molecule has 0 atom stereocenters. The number of hydrogen-bond acceptors (Lipinski definition) is 3. The van der Waals surface area contributed by atoms with E-state index in [0.29, 0.717) is 12.0 Å². The largest absolute Gasteiger partial charge is 0.473 e. The molecule has 4 nitrogen and oxygen atoms in total. The summed E-state index contributed by atoms with van der Waals surface area (Å²) < 4.78 is 7.80. The van der Waals surface area contributed by atoms with Gasteiger partial charge in [0.1, 0.15) is 6.10 Å². The Hall–Kier alpha value is -1.03. The third-order valence-electron chi connectivity index (χ3n) is 2.74. The Kier molecular flexibility index (Phi) is 3.83. The second-order valence-corrected chi connectivity index (χ2v) is 4.84. The molecule has 1 N–H and O–H groups in total. The van der Waals surface area contributed by atoms with Crippen LogP contribution in [0.15, 0.2) is 12.3 Å². The van der Waals surface area contributed by atoms with Crippen LogP contribution < -0.4 is 10.1 Å². The van der Waals surface area contributed by atoms with Gasteiger partial charge in [0, 0.05) is 18.8 Å². The van der Waals surface area contributed by atoms with Crippen LogP contribution in [0.2, 0.25) is 0 Å². The number of piperidine rings is 1. The Morgan fingerprint density at radius 3 is 2.94 bits per heavy atom. The molecule has 90 valence electrons. The highest BCUT2D eigenvalue weighted by Gasteiger charge is 2.15. The highest BCUT2D eigenvalue weighted by molar-refractivity contribution is 5.06. The van der Waals surface area contributed by atoms with E-state index in [-0.39, 0.29) is 0 Å². The summed E-state index contributed by atoms with van der Waals surface area (Å²) in [6.07, 6.45) is 4.49. The summed E-state index contributed by atoms with van der Waals surface area (Å²) in [6, 6.07) is 1.96. The van der Waals surface area contributed by atoms with Gasteiger partial charge in [-0.3, -0.25) is 4.68 Å². The number of rotatable bonds is 4. The van der Waals surface area contributed by atoms with Crippen LogP contribution in [0.4, 0.5) is 0 Å². The van der Waals surface area contributed by atoms with Crippen molar-refractivity contribution >= 4 is 0 Å². The van der Waals surface area contributed by atoms with E-state index in [1.54, 1.807) is 0 Å². The molecule has 2 heterocycles. The van der Waals surface area contributed by atoms with Gasteiger partial charge in [0.05, 0.1) is 0 Å². The van der Waals surface area contributed by atoms with Crippen molar-refractivity contribution in [3.8, 4) is 5.88 Å². The van der Waals surface area contributed by atoms with Gasteiger partial charge in [-0.15, -0.1) is 5.10 Å². The van der Waals surface area contributed by atoms with Crippen LogP contribution in [0, 0.1) is 5.92 Å². The van der Waals surface area contributed by atoms with Gasteiger partial charge in [-0.25, -0.2) is 0 Å². The Labute approximate surface area is 97.0 Å². The zero-order valence-corrected chi connectivity index (χ0v) is 10.1. The molecule has 1 aromatic rings. The summed E-state index contributed by atoms with van der Waals surface area (Å²) >= 11 is 0. The maximum Gasteiger partial charge on any atom is 0.232 e. The van der Waals surface area contributed by atoms with Gasteiger partial charge in [-0.05, 0) is 31.8 Å². The second-order valence-electron chi connectivity index (χ2n) is 4.84. The van der Waals surface area contributed by atoms with Crippen LogP contribution >= 0.6 is 0 Å². The van der Waals surface area contributed by atoms with Gasteiger partial charge < -0.3 is 10.1 Å². The number of ether oxygens (including phenoxy) is 1. The number of nitrogens with zero attached hydrogens (tertiary/aromatic N) is 2. The minimum Gasteiger partial charge on any atom is -0.473 e. The van der Waals surface area contributed by atoms with E-state index in [1.165, 1.54) is 0 Å². The van der Waals surface area contributed by atoms with Crippen molar-refractivity contribution in [2.45, 2.75) is 39.3 Å². The Balaban J connectivity index is 1.86. The lowest BCUT2D eigenvalue weighted by Crippen LogP contribution is -2.34. The summed E-state index contributed by atoms with van der Waals surface area (Å²) in [5.41, 5.74) is 0. The van der Waals surface area contributed by atoms with Gasteiger partial charge in [-0.1, -0.05) is 13.8 Å². The number of nitrogens with one attached hydrogen (secondary N) is 1. The average molecular weight is 223 g/mol. The maximum absolute atomic E-state index is 5.85. The summed E-state index contributed by atoms with van der Waals surface area (Å²) in [5, 5.41) is 7.74. The van der Waals surface area contributed by atoms with E-state index in [1.807, 2.05) is 16.9 Å². The Bertz CT molecular complexity index is 316. The molecule has 1 aliphatic rings. The summed E-state index contributed by atoms with van der Waals surface area (Å²) in [5.74, 6) is 1.39. The lowest BCUT2D eigenvalue weighted by Gasteiger charge is -2.22. The van der Waals surface area contributed by atoms with Crippen molar-refractivity contribution in [2.75, 3.05) is 13.1 Å². The van der Waals surface area contributed by atoms with Crippen molar-refractivity contribution in [1.82, 2.24) is 15.1 Å². The molecule has 0 aromatic carbocycles. The molecule has 0 unspecified atom stereocenters. The van der Waals surface area contributed by atoms with E-state index < -0.39 is 0 Å². The molecule has 0 spiro atoms. The van der Waals surface area contributed by atoms with E-state index in [4.69, 9.17) is 4.74 Å². The van der Waals surface area contributed by atoms with E-state index in [2.05, 4.69) is 24.3 Å². The fourth-order valence-corrected chi connectivity index (χ4v) is 1.97. The molecule has 0 radical (unpaired) electrons. The molecule has 0 amide bonds. The molecule has 0 saturated carbocycles. The predicted molar refractivity (Wildman–Crippen MR) is 63.6 cm³/mol. The number of hydrogen-bond donors (Lipinski definition) is 1. The SMILES string of the molecule is CC(C)Cn1ccc(OC2CCNCC2)n1. The van der Waals surface area contributed by atoms with Crippen molar-refractivity contribution in [1.29, 1.82) is 0 Å². The van der Waals surface area contributed by atoms with Crippen LogP contribution in [0.1, 0.15) is 26.7 Å². The van der Waals surface area contributed by atoms with Crippen LogP contribution in [-0.2, 0) is 6.54 Å². The van der Waals surface area contributed by atoms with Crippen LogP contribution in [0.25, 0.3) is 0 Å². The van der Waals surface area contributed by atoms with Crippen LogP contribution in [0.3, 0.4) is 0 Å². The minimum atomic E-state index is 0.337. The van der Waals surface area contributed by atoms with Gasteiger partial charge in [-0.2, -0.15) is 0 Å². The molecule has 1 aliphatic heterocycles. The zero-order valence-electron chi connectivity index (χ0n) is 10.1. The van der Waals surface area contributed by atoms with Crippen molar-refractivity contribution in [3.05, 3.63) is 12.3 Å². The molecule has 1 aromatic heterocycles. The van der Waals surface area contributed by atoms with Gasteiger partial charge in [0.15, 0.2) is 0 Å².